The summed E-state index contributed by atoms with van der Waals surface area (Å²) in [5, 5.41) is 2.78. The Morgan fingerprint density at radius 1 is 1.53 bits per heavy atom. The Kier molecular flexibility index (Phi) is 3.73. The van der Waals surface area contributed by atoms with Gasteiger partial charge in [0.1, 0.15) is 5.82 Å². The summed E-state index contributed by atoms with van der Waals surface area (Å²) in [5.41, 5.74) is 0.793. The molecule has 0 saturated carbocycles. The van der Waals surface area contributed by atoms with E-state index >= 15 is 0 Å². The number of H-pyrrole nitrogens is 1. The SMILES string of the molecule is Cc1ncc(CNC(C)CC(F)(F)F)[nH]1. The first-order valence-corrected chi connectivity index (χ1v) is 4.67. The van der Waals surface area contributed by atoms with Crippen LogP contribution in [0.3, 0.4) is 0 Å². The number of hydrogen-bond donors (Lipinski definition) is 2. The number of nitrogens with zero attached hydrogens (tertiary/aromatic N) is 1. The molecule has 1 rings (SSSR count). The normalized spacial score (nSPS) is 14.2. The van der Waals surface area contributed by atoms with Crippen LogP contribution in [0.2, 0.25) is 0 Å². The fourth-order valence-corrected chi connectivity index (χ4v) is 1.27. The summed E-state index contributed by atoms with van der Waals surface area (Å²) in [4.78, 5) is 6.89. The Labute approximate surface area is 86.1 Å². The van der Waals surface area contributed by atoms with Crippen molar-refractivity contribution in [2.75, 3.05) is 0 Å². The van der Waals surface area contributed by atoms with Gasteiger partial charge in [-0.15, -0.1) is 0 Å². The van der Waals surface area contributed by atoms with Gasteiger partial charge in [-0.3, -0.25) is 0 Å². The van der Waals surface area contributed by atoms with Crippen LogP contribution in [-0.2, 0) is 6.54 Å². The predicted molar refractivity (Wildman–Crippen MR) is 50.3 cm³/mol. The molecule has 0 aliphatic heterocycles. The summed E-state index contributed by atoms with van der Waals surface area (Å²) >= 11 is 0. The Morgan fingerprint density at radius 2 is 2.20 bits per heavy atom. The van der Waals surface area contributed by atoms with E-state index in [0.29, 0.717) is 6.54 Å². The number of aryl methyl sites for hydroxylation is 1. The Morgan fingerprint density at radius 3 is 2.67 bits per heavy atom. The first kappa shape index (κ1) is 12.0. The van der Waals surface area contributed by atoms with Crippen LogP contribution in [0.15, 0.2) is 6.20 Å². The van der Waals surface area contributed by atoms with Gasteiger partial charge >= 0.3 is 6.18 Å². The van der Waals surface area contributed by atoms with E-state index in [-0.39, 0.29) is 0 Å². The van der Waals surface area contributed by atoms with Crippen molar-refractivity contribution in [1.82, 2.24) is 15.3 Å². The Hall–Kier alpha value is -1.04. The monoisotopic (exact) mass is 221 g/mol. The molecule has 1 heterocycles. The summed E-state index contributed by atoms with van der Waals surface area (Å²) in [6, 6.07) is -0.589. The molecule has 0 fully saturated rings. The van der Waals surface area contributed by atoms with Crippen molar-refractivity contribution < 1.29 is 13.2 Å². The maximum atomic E-state index is 12.0. The lowest BCUT2D eigenvalue weighted by atomic mass is 10.2. The van der Waals surface area contributed by atoms with E-state index in [0.717, 1.165) is 11.5 Å². The minimum atomic E-state index is -4.11. The zero-order chi connectivity index (χ0) is 11.5. The van der Waals surface area contributed by atoms with Crippen LogP contribution in [-0.4, -0.2) is 22.2 Å². The topological polar surface area (TPSA) is 40.7 Å². The number of imidazole rings is 1. The first-order chi connectivity index (χ1) is 6.87. The molecule has 0 radical (unpaired) electrons. The zero-order valence-corrected chi connectivity index (χ0v) is 8.65. The van der Waals surface area contributed by atoms with Gasteiger partial charge in [-0.25, -0.2) is 4.98 Å². The van der Waals surface area contributed by atoms with Crippen molar-refractivity contribution in [2.24, 2.45) is 0 Å². The van der Waals surface area contributed by atoms with Gasteiger partial charge < -0.3 is 10.3 Å². The second kappa shape index (κ2) is 4.65. The quantitative estimate of drug-likeness (QED) is 0.817. The number of nitrogens with one attached hydrogen (secondary N) is 2. The molecule has 0 bridgehead atoms. The molecular formula is C9H14F3N3. The highest BCUT2D eigenvalue weighted by atomic mass is 19.4. The molecule has 1 unspecified atom stereocenters. The third-order valence-corrected chi connectivity index (χ3v) is 1.93. The molecule has 0 aliphatic carbocycles. The summed E-state index contributed by atoms with van der Waals surface area (Å²) in [7, 11) is 0. The van der Waals surface area contributed by atoms with Crippen molar-refractivity contribution in [3.8, 4) is 0 Å². The lowest BCUT2D eigenvalue weighted by Crippen LogP contribution is -2.30. The number of aromatic nitrogens is 2. The van der Waals surface area contributed by atoms with E-state index in [1.807, 2.05) is 0 Å². The van der Waals surface area contributed by atoms with Crippen molar-refractivity contribution in [1.29, 1.82) is 0 Å². The lowest BCUT2D eigenvalue weighted by molar-refractivity contribution is -0.139. The smallest absolute Gasteiger partial charge is 0.345 e. The lowest BCUT2D eigenvalue weighted by Gasteiger charge is -2.14. The maximum Gasteiger partial charge on any atom is 0.390 e. The molecule has 1 aromatic rings. The van der Waals surface area contributed by atoms with Crippen LogP contribution in [0.25, 0.3) is 0 Å². The van der Waals surface area contributed by atoms with E-state index in [1.54, 1.807) is 13.1 Å². The summed E-state index contributed by atoms with van der Waals surface area (Å²) < 4.78 is 35.9. The number of rotatable bonds is 4. The molecule has 15 heavy (non-hydrogen) atoms. The second-order valence-corrected chi connectivity index (χ2v) is 3.60. The molecule has 0 aromatic carbocycles. The molecule has 0 saturated heterocycles. The second-order valence-electron chi connectivity index (χ2n) is 3.60. The average Bonchev–Trinajstić information content (AvgIpc) is 2.45. The number of alkyl halides is 3. The van der Waals surface area contributed by atoms with Gasteiger partial charge in [-0.1, -0.05) is 0 Å². The molecule has 1 atom stereocenters. The molecule has 2 N–H and O–H groups in total. The van der Waals surface area contributed by atoms with Crippen LogP contribution < -0.4 is 5.32 Å². The van der Waals surface area contributed by atoms with Gasteiger partial charge in [0.2, 0.25) is 0 Å². The summed E-state index contributed by atoms with van der Waals surface area (Å²) in [6.07, 6.45) is -3.32. The highest BCUT2D eigenvalue weighted by Crippen LogP contribution is 2.21. The minimum absolute atomic E-state index is 0.373. The number of hydrogen-bond acceptors (Lipinski definition) is 2. The van der Waals surface area contributed by atoms with Gasteiger partial charge in [0.05, 0.1) is 6.42 Å². The maximum absolute atomic E-state index is 12.0. The number of halogens is 3. The van der Waals surface area contributed by atoms with Gasteiger partial charge in [-0.05, 0) is 13.8 Å². The highest BCUT2D eigenvalue weighted by molar-refractivity contribution is 4.99. The summed E-state index contributed by atoms with van der Waals surface area (Å²) in [5.74, 6) is 0.760. The largest absolute Gasteiger partial charge is 0.390 e. The third kappa shape index (κ3) is 4.83. The molecule has 1 aromatic heterocycles. The minimum Gasteiger partial charge on any atom is -0.345 e. The van der Waals surface area contributed by atoms with Crippen molar-refractivity contribution in [3.05, 3.63) is 17.7 Å². The van der Waals surface area contributed by atoms with Crippen molar-refractivity contribution in [2.45, 2.75) is 39.0 Å². The highest BCUT2D eigenvalue weighted by Gasteiger charge is 2.29. The fourth-order valence-electron chi connectivity index (χ4n) is 1.27. The van der Waals surface area contributed by atoms with E-state index < -0.39 is 18.6 Å². The van der Waals surface area contributed by atoms with Crippen LogP contribution >= 0.6 is 0 Å². The van der Waals surface area contributed by atoms with E-state index in [2.05, 4.69) is 15.3 Å². The van der Waals surface area contributed by atoms with Crippen molar-refractivity contribution >= 4 is 0 Å². The molecule has 86 valence electrons. The first-order valence-electron chi connectivity index (χ1n) is 4.67. The molecule has 0 aliphatic rings. The van der Waals surface area contributed by atoms with Gasteiger partial charge in [0.15, 0.2) is 0 Å². The third-order valence-electron chi connectivity index (χ3n) is 1.93. The molecular weight excluding hydrogens is 207 g/mol. The number of aromatic amines is 1. The van der Waals surface area contributed by atoms with E-state index in [1.165, 1.54) is 6.92 Å². The van der Waals surface area contributed by atoms with Crippen molar-refractivity contribution in [3.63, 3.8) is 0 Å². The Balaban J connectivity index is 2.31. The van der Waals surface area contributed by atoms with E-state index in [4.69, 9.17) is 0 Å². The average molecular weight is 221 g/mol. The summed E-state index contributed by atoms with van der Waals surface area (Å²) in [6.45, 7) is 3.68. The fraction of sp³-hybridized carbons (Fsp3) is 0.667. The van der Waals surface area contributed by atoms with Crippen LogP contribution in [0.5, 0.6) is 0 Å². The molecule has 0 amide bonds. The molecule has 3 nitrogen and oxygen atoms in total. The zero-order valence-electron chi connectivity index (χ0n) is 8.65. The van der Waals surface area contributed by atoms with Crippen LogP contribution in [0.1, 0.15) is 24.9 Å². The molecule has 0 spiro atoms. The van der Waals surface area contributed by atoms with Gasteiger partial charge in [-0.2, -0.15) is 13.2 Å². The van der Waals surface area contributed by atoms with E-state index in [9.17, 15) is 13.2 Å². The van der Waals surface area contributed by atoms with Crippen LogP contribution in [0.4, 0.5) is 13.2 Å². The molecule has 6 heteroatoms. The Bertz CT molecular complexity index is 306. The van der Waals surface area contributed by atoms with Gasteiger partial charge in [0, 0.05) is 24.5 Å². The standard InChI is InChI=1S/C9H14F3N3/c1-6(3-9(10,11)12)13-4-8-5-14-7(2)15-8/h5-6,13H,3-4H2,1-2H3,(H,14,15). The van der Waals surface area contributed by atoms with Crippen LogP contribution in [0, 0.1) is 6.92 Å². The predicted octanol–water partition coefficient (Wildman–Crippen LogP) is 2.15. The van der Waals surface area contributed by atoms with Gasteiger partial charge in [0.25, 0.3) is 0 Å².